The lowest BCUT2D eigenvalue weighted by Gasteiger charge is -2.38. The first kappa shape index (κ1) is 21.3. The maximum atomic E-state index is 13.1. The van der Waals surface area contributed by atoms with Gasteiger partial charge in [-0.05, 0) is 49.4 Å². The van der Waals surface area contributed by atoms with Crippen LogP contribution in [0, 0.1) is 0 Å². The Morgan fingerprint density at radius 1 is 1.00 bits per heavy atom. The van der Waals surface area contributed by atoms with Gasteiger partial charge in [-0.15, -0.1) is 0 Å². The zero-order valence-corrected chi connectivity index (χ0v) is 18.3. The number of anilines is 2. The van der Waals surface area contributed by atoms with Crippen molar-refractivity contribution in [3.8, 4) is 5.75 Å². The van der Waals surface area contributed by atoms with E-state index in [1.165, 1.54) is 12.0 Å². The predicted octanol–water partition coefficient (Wildman–Crippen LogP) is 3.01. The number of ether oxygens (including phenoxy) is 1. The minimum Gasteiger partial charge on any atom is -0.495 e. The summed E-state index contributed by atoms with van der Waals surface area (Å²) in [5.74, 6) is 0.0981. The lowest BCUT2D eigenvalue weighted by atomic mass is 10.1. The van der Waals surface area contributed by atoms with E-state index in [0.29, 0.717) is 35.1 Å². The molecular weight excluding hydrogens is 418 g/mol. The number of rotatable bonds is 5. The van der Waals surface area contributed by atoms with Crippen molar-refractivity contribution in [2.45, 2.75) is 19.4 Å². The average Bonchev–Trinajstić information content (AvgIpc) is 3.07. The van der Waals surface area contributed by atoms with Crippen molar-refractivity contribution in [3.63, 3.8) is 0 Å². The highest BCUT2D eigenvalue weighted by Gasteiger charge is 2.43. The Kier molecular flexibility index (Phi) is 5.98. The van der Waals surface area contributed by atoms with E-state index in [1.807, 2.05) is 24.3 Å². The third-order valence-electron chi connectivity index (χ3n) is 5.91. The molecule has 162 valence electrons. The lowest BCUT2D eigenvalue weighted by molar-refractivity contribution is -0.123. The van der Waals surface area contributed by atoms with Gasteiger partial charge in [-0.25, -0.2) is 4.90 Å². The molecule has 0 spiro atoms. The van der Waals surface area contributed by atoms with E-state index in [9.17, 15) is 14.4 Å². The van der Waals surface area contributed by atoms with E-state index >= 15 is 0 Å². The minimum atomic E-state index is -0.462. The normalized spacial score (nSPS) is 19.8. The average molecular weight is 442 g/mol. The fourth-order valence-corrected chi connectivity index (χ4v) is 4.42. The van der Waals surface area contributed by atoms with E-state index < -0.39 is 6.04 Å². The number of carbonyl (C=O) groups excluding carboxylic acids is 3. The van der Waals surface area contributed by atoms with Gasteiger partial charge in [-0.2, -0.15) is 0 Å². The summed E-state index contributed by atoms with van der Waals surface area (Å²) in [4.78, 5) is 42.7. The van der Waals surface area contributed by atoms with Gasteiger partial charge in [0.1, 0.15) is 5.75 Å². The van der Waals surface area contributed by atoms with E-state index in [4.69, 9.17) is 16.3 Å². The summed E-state index contributed by atoms with van der Waals surface area (Å²) in [5.41, 5.74) is 2.21. The van der Waals surface area contributed by atoms with Crippen LogP contribution >= 0.6 is 11.6 Å². The molecule has 7 nitrogen and oxygen atoms in total. The molecule has 2 aliphatic heterocycles. The third kappa shape index (κ3) is 4.16. The number of hydrogen-bond donors (Lipinski definition) is 0. The van der Waals surface area contributed by atoms with Gasteiger partial charge in [-0.1, -0.05) is 11.6 Å². The molecule has 0 aliphatic carbocycles. The molecule has 2 heterocycles. The number of hydrogen-bond acceptors (Lipinski definition) is 6. The highest BCUT2D eigenvalue weighted by Crippen LogP contribution is 2.33. The van der Waals surface area contributed by atoms with Crippen LogP contribution in [0.1, 0.15) is 23.7 Å². The monoisotopic (exact) mass is 441 g/mol. The number of benzene rings is 2. The van der Waals surface area contributed by atoms with E-state index in [1.54, 1.807) is 25.1 Å². The fourth-order valence-electron chi connectivity index (χ4n) is 4.17. The van der Waals surface area contributed by atoms with Crippen molar-refractivity contribution >= 4 is 40.6 Å². The molecule has 2 saturated heterocycles. The van der Waals surface area contributed by atoms with Crippen LogP contribution in [0.25, 0.3) is 0 Å². The van der Waals surface area contributed by atoms with Crippen molar-refractivity contribution in [3.05, 3.63) is 53.1 Å². The second kappa shape index (κ2) is 8.69. The molecule has 4 rings (SSSR count). The summed E-state index contributed by atoms with van der Waals surface area (Å²) < 4.78 is 5.15. The number of amides is 2. The third-order valence-corrected chi connectivity index (χ3v) is 6.21. The summed E-state index contributed by atoms with van der Waals surface area (Å²) in [5, 5.41) is 0.355. The van der Waals surface area contributed by atoms with Crippen LogP contribution < -0.4 is 14.5 Å². The summed E-state index contributed by atoms with van der Waals surface area (Å²) in [7, 11) is 1.51. The molecule has 2 amide bonds. The summed E-state index contributed by atoms with van der Waals surface area (Å²) >= 11 is 6.18. The Labute approximate surface area is 186 Å². The topological polar surface area (TPSA) is 70.2 Å². The van der Waals surface area contributed by atoms with Crippen LogP contribution in [-0.4, -0.2) is 61.8 Å². The van der Waals surface area contributed by atoms with Crippen molar-refractivity contribution in [2.24, 2.45) is 0 Å². The molecule has 2 aromatic carbocycles. The maximum absolute atomic E-state index is 13.1. The molecule has 1 unspecified atom stereocenters. The largest absolute Gasteiger partial charge is 0.495 e. The highest BCUT2D eigenvalue weighted by atomic mass is 35.5. The van der Waals surface area contributed by atoms with Crippen molar-refractivity contribution in [1.82, 2.24) is 4.90 Å². The number of nitrogens with zero attached hydrogens (tertiary/aromatic N) is 3. The number of ketones is 1. The van der Waals surface area contributed by atoms with Crippen molar-refractivity contribution in [1.29, 1.82) is 0 Å². The molecular formula is C23H24ClN3O4. The van der Waals surface area contributed by atoms with Gasteiger partial charge in [0, 0.05) is 37.4 Å². The molecule has 2 aromatic rings. The van der Waals surface area contributed by atoms with Gasteiger partial charge in [0.05, 0.1) is 30.3 Å². The number of imide groups is 1. The first-order valence-corrected chi connectivity index (χ1v) is 10.6. The Morgan fingerprint density at radius 3 is 2.23 bits per heavy atom. The summed E-state index contributed by atoms with van der Waals surface area (Å²) in [6, 6.07) is 12.0. The first-order chi connectivity index (χ1) is 14.9. The number of methoxy groups -OCH3 is 1. The number of Topliss-reactive ketones (excluding diaryl/α,β-unsaturated/α-hetero) is 1. The fraction of sp³-hybridized carbons (Fsp3) is 0.348. The Hall–Kier alpha value is -2.90. The lowest BCUT2D eigenvalue weighted by Crippen LogP contribution is -2.52. The highest BCUT2D eigenvalue weighted by molar-refractivity contribution is 6.33. The molecule has 8 heteroatoms. The van der Waals surface area contributed by atoms with Crippen molar-refractivity contribution < 1.29 is 19.1 Å². The van der Waals surface area contributed by atoms with Gasteiger partial charge in [0.25, 0.3) is 5.91 Å². The van der Waals surface area contributed by atoms with Gasteiger partial charge >= 0.3 is 0 Å². The quantitative estimate of drug-likeness (QED) is 0.524. The molecule has 0 saturated carbocycles. The van der Waals surface area contributed by atoms with Crippen LogP contribution in [0.15, 0.2) is 42.5 Å². The van der Waals surface area contributed by atoms with E-state index in [0.717, 1.165) is 18.8 Å². The predicted molar refractivity (Wildman–Crippen MR) is 119 cm³/mol. The van der Waals surface area contributed by atoms with Crippen LogP contribution in [0.5, 0.6) is 5.75 Å². The number of carbonyl (C=O) groups is 3. The molecule has 2 fully saturated rings. The molecule has 31 heavy (non-hydrogen) atoms. The van der Waals surface area contributed by atoms with Gasteiger partial charge in [0.15, 0.2) is 5.78 Å². The number of halogens is 1. The minimum absolute atomic E-state index is 0.0449. The molecule has 0 aromatic heterocycles. The summed E-state index contributed by atoms with van der Waals surface area (Å²) in [6.45, 7) is 4.39. The smallest absolute Gasteiger partial charge is 0.251 e. The summed E-state index contributed by atoms with van der Waals surface area (Å²) in [6.07, 6.45) is 0.162. The van der Waals surface area contributed by atoms with E-state index in [2.05, 4.69) is 9.80 Å². The Bertz CT molecular complexity index is 1020. The standard InChI is InChI=1S/C23H24ClN3O4/c1-15(28)16-3-5-17(6-4-16)25-9-11-26(12-10-25)20-14-22(29)27(23(20)30)18-7-8-21(31-2)19(24)13-18/h3-8,13,20H,9-12,14H2,1-2H3. The number of piperazine rings is 1. The molecule has 0 N–H and O–H groups in total. The zero-order chi connectivity index (χ0) is 22.1. The van der Waals surface area contributed by atoms with Crippen LogP contribution in [0.3, 0.4) is 0 Å². The van der Waals surface area contributed by atoms with Gasteiger partial charge in [-0.3, -0.25) is 19.3 Å². The Morgan fingerprint density at radius 2 is 1.65 bits per heavy atom. The van der Waals surface area contributed by atoms with Crippen LogP contribution in [0.2, 0.25) is 5.02 Å². The van der Waals surface area contributed by atoms with Crippen molar-refractivity contribution in [2.75, 3.05) is 43.1 Å². The first-order valence-electron chi connectivity index (χ1n) is 10.2. The van der Waals surface area contributed by atoms with E-state index in [-0.39, 0.29) is 24.0 Å². The molecule has 0 bridgehead atoms. The molecule has 2 aliphatic rings. The molecule has 1 atom stereocenters. The maximum Gasteiger partial charge on any atom is 0.251 e. The SMILES string of the molecule is COc1ccc(N2C(=O)CC(N3CCN(c4ccc(C(C)=O)cc4)CC3)C2=O)cc1Cl. The van der Waals surface area contributed by atoms with Crippen LogP contribution in [-0.2, 0) is 9.59 Å². The van der Waals surface area contributed by atoms with Gasteiger partial charge < -0.3 is 9.64 Å². The van der Waals surface area contributed by atoms with Gasteiger partial charge in [0.2, 0.25) is 5.91 Å². The Balaban J connectivity index is 1.42. The van der Waals surface area contributed by atoms with Crippen LogP contribution in [0.4, 0.5) is 11.4 Å². The molecule has 0 radical (unpaired) electrons. The zero-order valence-electron chi connectivity index (χ0n) is 17.5. The second-order valence-electron chi connectivity index (χ2n) is 7.73. The second-order valence-corrected chi connectivity index (χ2v) is 8.14.